The Morgan fingerprint density at radius 1 is 1.12 bits per heavy atom. The van der Waals surface area contributed by atoms with Crippen LogP contribution in [0.5, 0.6) is 5.75 Å². The number of unbranched alkanes of at least 4 members (excludes halogenated alkanes) is 1. The average Bonchev–Trinajstić information content (AvgIpc) is 2.61. The highest BCUT2D eigenvalue weighted by atomic mass is 16.5. The molecule has 1 N–H and O–H groups in total. The van der Waals surface area contributed by atoms with E-state index in [1.807, 2.05) is 0 Å². The summed E-state index contributed by atoms with van der Waals surface area (Å²) in [6.45, 7) is 6.30. The highest BCUT2D eigenvalue weighted by Gasteiger charge is 2.19. The van der Waals surface area contributed by atoms with Crippen LogP contribution in [-0.2, 0) is 6.54 Å². The van der Waals surface area contributed by atoms with Crippen LogP contribution >= 0.6 is 0 Å². The number of hydrogen-bond donors (Lipinski definition) is 1. The van der Waals surface area contributed by atoms with Gasteiger partial charge in [-0.2, -0.15) is 0 Å². The number of benzene rings is 2. The SMILES string of the molecule is CCCCOc1ccc2ccccc2c1CNC1CCCC(C)C1. The predicted molar refractivity (Wildman–Crippen MR) is 103 cm³/mol. The van der Waals surface area contributed by atoms with Gasteiger partial charge in [-0.3, -0.25) is 0 Å². The van der Waals surface area contributed by atoms with E-state index in [2.05, 4.69) is 55.6 Å². The third-order valence-corrected chi connectivity index (χ3v) is 5.26. The van der Waals surface area contributed by atoms with Crippen molar-refractivity contribution in [3.8, 4) is 5.75 Å². The molecule has 0 amide bonds. The van der Waals surface area contributed by atoms with Crippen LogP contribution in [0.3, 0.4) is 0 Å². The molecular formula is C22H31NO. The van der Waals surface area contributed by atoms with Gasteiger partial charge in [0, 0.05) is 18.2 Å². The van der Waals surface area contributed by atoms with Crippen molar-refractivity contribution in [2.24, 2.45) is 5.92 Å². The van der Waals surface area contributed by atoms with Crippen molar-refractivity contribution in [2.45, 2.75) is 65.0 Å². The van der Waals surface area contributed by atoms with Gasteiger partial charge in [-0.15, -0.1) is 0 Å². The molecule has 2 atom stereocenters. The highest BCUT2D eigenvalue weighted by Crippen LogP contribution is 2.30. The van der Waals surface area contributed by atoms with Crippen LogP contribution in [0, 0.1) is 5.92 Å². The Morgan fingerprint density at radius 2 is 2.00 bits per heavy atom. The second kappa shape index (κ2) is 8.53. The summed E-state index contributed by atoms with van der Waals surface area (Å²) in [6, 6.07) is 13.6. The van der Waals surface area contributed by atoms with Gasteiger partial charge in [0.15, 0.2) is 0 Å². The molecule has 1 aliphatic carbocycles. The van der Waals surface area contributed by atoms with Crippen LogP contribution < -0.4 is 10.1 Å². The van der Waals surface area contributed by atoms with Gasteiger partial charge in [0.25, 0.3) is 0 Å². The summed E-state index contributed by atoms with van der Waals surface area (Å²) < 4.78 is 6.11. The van der Waals surface area contributed by atoms with Crippen molar-refractivity contribution < 1.29 is 4.74 Å². The van der Waals surface area contributed by atoms with Gasteiger partial charge in [0.2, 0.25) is 0 Å². The largest absolute Gasteiger partial charge is 0.493 e. The summed E-state index contributed by atoms with van der Waals surface area (Å²) in [4.78, 5) is 0. The topological polar surface area (TPSA) is 21.3 Å². The molecule has 0 aliphatic heterocycles. The molecule has 1 aliphatic rings. The van der Waals surface area contributed by atoms with E-state index < -0.39 is 0 Å². The summed E-state index contributed by atoms with van der Waals surface area (Å²) in [7, 11) is 0. The molecule has 3 rings (SSSR count). The van der Waals surface area contributed by atoms with Crippen LogP contribution in [0.15, 0.2) is 36.4 Å². The Labute approximate surface area is 146 Å². The van der Waals surface area contributed by atoms with Crippen LogP contribution in [0.25, 0.3) is 10.8 Å². The molecule has 0 aromatic heterocycles. The molecule has 0 bridgehead atoms. The van der Waals surface area contributed by atoms with Gasteiger partial charge < -0.3 is 10.1 Å². The van der Waals surface area contributed by atoms with E-state index in [9.17, 15) is 0 Å². The van der Waals surface area contributed by atoms with Crippen molar-refractivity contribution in [1.29, 1.82) is 0 Å². The minimum Gasteiger partial charge on any atom is -0.493 e. The number of ether oxygens (including phenoxy) is 1. The number of fused-ring (bicyclic) bond motifs is 1. The van der Waals surface area contributed by atoms with E-state index in [4.69, 9.17) is 4.74 Å². The van der Waals surface area contributed by atoms with Crippen LogP contribution in [0.2, 0.25) is 0 Å². The molecule has 2 unspecified atom stereocenters. The van der Waals surface area contributed by atoms with E-state index >= 15 is 0 Å². The van der Waals surface area contributed by atoms with Gasteiger partial charge >= 0.3 is 0 Å². The first-order valence-corrected chi connectivity index (χ1v) is 9.64. The average molecular weight is 325 g/mol. The lowest BCUT2D eigenvalue weighted by Crippen LogP contribution is -2.33. The van der Waals surface area contributed by atoms with Gasteiger partial charge in [0.1, 0.15) is 5.75 Å². The zero-order valence-corrected chi connectivity index (χ0v) is 15.2. The first-order chi connectivity index (χ1) is 11.8. The molecule has 0 saturated heterocycles. The fourth-order valence-electron chi connectivity index (χ4n) is 3.83. The predicted octanol–water partition coefficient (Wildman–Crippen LogP) is 5.69. The molecular weight excluding hydrogens is 294 g/mol. The smallest absolute Gasteiger partial charge is 0.124 e. The standard InChI is InChI=1S/C22H31NO/c1-3-4-14-24-22-13-12-18-9-5-6-11-20(18)21(22)16-23-19-10-7-8-17(2)15-19/h5-6,9,11-13,17,19,23H,3-4,7-8,10,14-16H2,1-2H3. The Bertz CT molecular complexity index is 651. The minimum atomic E-state index is 0.649. The molecule has 2 nitrogen and oxygen atoms in total. The molecule has 1 fully saturated rings. The number of rotatable bonds is 7. The van der Waals surface area contributed by atoms with Gasteiger partial charge in [-0.1, -0.05) is 63.4 Å². The van der Waals surface area contributed by atoms with Crippen molar-refractivity contribution in [3.63, 3.8) is 0 Å². The second-order valence-electron chi connectivity index (χ2n) is 7.32. The quantitative estimate of drug-likeness (QED) is 0.661. The van der Waals surface area contributed by atoms with Crippen LogP contribution in [-0.4, -0.2) is 12.6 Å². The summed E-state index contributed by atoms with van der Waals surface area (Å²) >= 11 is 0. The summed E-state index contributed by atoms with van der Waals surface area (Å²) in [5.74, 6) is 1.91. The van der Waals surface area contributed by atoms with E-state index in [0.29, 0.717) is 6.04 Å². The lowest BCUT2D eigenvalue weighted by Gasteiger charge is -2.28. The van der Waals surface area contributed by atoms with E-state index in [1.54, 1.807) is 0 Å². The Hall–Kier alpha value is -1.54. The molecule has 130 valence electrons. The van der Waals surface area contributed by atoms with Gasteiger partial charge in [0.05, 0.1) is 6.61 Å². The third-order valence-electron chi connectivity index (χ3n) is 5.26. The Morgan fingerprint density at radius 3 is 2.83 bits per heavy atom. The fourth-order valence-corrected chi connectivity index (χ4v) is 3.83. The molecule has 0 spiro atoms. The minimum absolute atomic E-state index is 0.649. The molecule has 2 aromatic carbocycles. The third kappa shape index (κ3) is 4.30. The van der Waals surface area contributed by atoms with Gasteiger partial charge in [-0.25, -0.2) is 0 Å². The fraction of sp³-hybridized carbons (Fsp3) is 0.545. The maximum absolute atomic E-state index is 6.11. The zero-order valence-electron chi connectivity index (χ0n) is 15.2. The highest BCUT2D eigenvalue weighted by molar-refractivity contribution is 5.87. The van der Waals surface area contributed by atoms with Crippen molar-refractivity contribution >= 4 is 10.8 Å². The Balaban J connectivity index is 1.78. The summed E-state index contributed by atoms with van der Waals surface area (Å²) in [5, 5.41) is 6.43. The van der Waals surface area contributed by atoms with E-state index in [1.165, 1.54) is 48.4 Å². The lowest BCUT2D eigenvalue weighted by molar-refractivity contribution is 0.291. The molecule has 2 aromatic rings. The van der Waals surface area contributed by atoms with E-state index in [0.717, 1.165) is 31.2 Å². The molecule has 0 radical (unpaired) electrons. The van der Waals surface area contributed by atoms with Crippen molar-refractivity contribution in [3.05, 3.63) is 42.0 Å². The Kier molecular flexibility index (Phi) is 6.14. The molecule has 0 heterocycles. The first kappa shape index (κ1) is 17.3. The summed E-state index contributed by atoms with van der Waals surface area (Å²) in [5.41, 5.74) is 1.32. The van der Waals surface area contributed by atoms with Crippen LogP contribution in [0.1, 0.15) is 57.9 Å². The first-order valence-electron chi connectivity index (χ1n) is 9.64. The number of hydrogen-bond acceptors (Lipinski definition) is 2. The van der Waals surface area contributed by atoms with Crippen molar-refractivity contribution in [1.82, 2.24) is 5.32 Å². The van der Waals surface area contributed by atoms with Gasteiger partial charge in [-0.05, 0) is 42.0 Å². The second-order valence-corrected chi connectivity index (χ2v) is 7.32. The monoisotopic (exact) mass is 325 g/mol. The molecule has 24 heavy (non-hydrogen) atoms. The van der Waals surface area contributed by atoms with Crippen molar-refractivity contribution in [2.75, 3.05) is 6.61 Å². The van der Waals surface area contributed by atoms with E-state index in [-0.39, 0.29) is 0 Å². The maximum Gasteiger partial charge on any atom is 0.124 e. The normalized spacial score (nSPS) is 21.1. The molecule has 1 saturated carbocycles. The zero-order chi connectivity index (χ0) is 16.8. The lowest BCUT2D eigenvalue weighted by atomic mass is 9.87. The van der Waals surface area contributed by atoms with Crippen LogP contribution in [0.4, 0.5) is 0 Å². The maximum atomic E-state index is 6.11. The summed E-state index contributed by atoms with van der Waals surface area (Å²) in [6.07, 6.45) is 7.63. The molecule has 2 heteroatoms. The number of nitrogens with one attached hydrogen (secondary N) is 1.